The summed E-state index contributed by atoms with van der Waals surface area (Å²) in [5.41, 5.74) is 7.02. The van der Waals surface area contributed by atoms with Gasteiger partial charge in [-0.15, -0.1) is 0 Å². The topological polar surface area (TPSA) is 87.9 Å². The van der Waals surface area contributed by atoms with Crippen molar-refractivity contribution in [2.45, 2.75) is 33.1 Å². The van der Waals surface area contributed by atoms with Crippen molar-refractivity contribution in [1.82, 2.24) is 35.7 Å². The van der Waals surface area contributed by atoms with E-state index < -0.39 is 0 Å². The summed E-state index contributed by atoms with van der Waals surface area (Å²) in [7, 11) is 2.17. The number of allylic oxidation sites excluding steroid dienone is 7. The number of piperidine rings is 1. The van der Waals surface area contributed by atoms with Gasteiger partial charge < -0.3 is 25.4 Å². The van der Waals surface area contributed by atoms with Crippen molar-refractivity contribution in [1.29, 1.82) is 0 Å². The van der Waals surface area contributed by atoms with Gasteiger partial charge in [0.05, 0.1) is 16.6 Å². The van der Waals surface area contributed by atoms with Gasteiger partial charge in [0, 0.05) is 54.4 Å². The monoisotopic (exact) mass is 578 g/mol. The lowest BCUT2D eigenvalue weighted by Crippen LogP contribution is -2.44. The molecule has 0 bridgehead atoms. The molecular formula is C35H46N8. The summed E-state index contributed by atoms with van der Waals surface area (Å²) < 4.78 is 0. The van der Waals surface area contributed by atoms with E-state index in [1.807, 2.05) is 24.4 Å². The highest BCUT2D eigenvalue weighted by molar-refractivity contribution is 5.94. The maximum Gasteiger partial charge on any atom is 0.138 e. The van der Waals surface area contributed by atoms with E-state index in [2.05, 4.69) is 101 Å². The van der Waals surface area contributed by atoms with Crippen LogP contribution in [0.5, 0.6) is 0 Å². The minimum Gasteiger partial charge on any atom is -0.359 e. The van der Waals surface area contributed by atoms with Gasteiger partial charge in [0.25, 0.3) is 0 Å². The molecule has 2 aliphatic rings. The van der Waals surface area contributed by atoms with Crippen molar-refractivity contribution in [3.05, 3.63) is 88.9 Å². The summed E-state index contributed by atoms with van der Waals surface area (Å²) >= 11 is 0. The number of aromatic nitrogens is 4. The second-order valence-electron chi connectivity index (χ2n) is 11.7. The van der Waals surface area contributed by atoms with E-state index in [9.17, 15) is 0 Å². The van der Waals surface area contributed by atoms with E-state index in [4.69, 9.17) is 4.98 Å². The van der Waals surface area contributed by atoms with Crippen molar-refractivity contribution in [2.75, 3.05) is 51.2 Å². The van der Waals surface area contributed by atoms with Gasteiger partial charge in [0.15, 0.2) is 0 Å². The van der Waals surface area contributed by atoms with Crippen LogP contribution in [0.3, 0.4) is 0 Å². The predicted molar refractivity (Wildman–Crippen MR) is 181 cm³/mol. The standard InChI is InChI=1S/C35H46N8/c1-7-28(22-29(8-2)38-25(4)21-27-11-14-36-15-12-27)24(3)9-10-31-26(5)34(41-40-31)33-23-30-32(39-33)13-16-37-35(30)43-19-17-42(6)18-20-43/h7-10,13,16,22-23,27,36,38-40H,2,4-5,11-12,14-15,17-21H2,1,3,6H3/b24-9+,28-7+,29-22+,31-10+. The summed E-state index contributed by atoms with van der Waals surface area (Å²) in [6, 6.07) is 4.17. The van der Waals surface area contributed by atoms with Gasteiger partial charge in [-0.25, -0.2) is 4.98 Å². The normalized spacial score (nSPS) is 18.4. The van der Waals surface area contributed by atoms with Gasteiger partial charge in [-0.3, -0.25) is 5.10 Å². The van der Waals surface area contributed by atoms with Crippen molar-refractivity contribution in [2.24, 2.45) is 5.92 Å². The Bertz CT molecular complexity index is 1650. The molecule has 2 fully saturated rings. The lowest BCUT2D eigenvalue weighted by atomic mass is 9.93. The number of nitrogens with one attached hydrogen (secondary N) is 4. The largest absolute Gasteiger partial charge is 0.359 e. The second kappa shape index (κ2) is 13.9. The van der Waals surface area contributed by atoms with Crippen molar-refractivity contribution in [3.63, 3.8) is 0 Å². The Labute approximate surface area is 255 Å². The van der Waals surface area contributed by atoms with E-state index in [1.54, 1.807) is 0 Å². The molecule has 0 saturated carbocycles. The molecule has 0 unspecified atom stereocenters. The molecule has 0 aromatic carbocycles. The second-order valence-corrected chi connectivity index (χ2v) is 11.7. The molecule has 0 spiro atoms. The molecule has 5 rings (SSSR count). The molecule has 226 valence electrons. The number of aromatic amines is 2. The highest BCUT2D eigenvalue weighted by atomic mass is 15.3. The molecule has 3 aromatic heterocycles. The zero-order valence-electron chi connectivity index (χ0n) is 26.0. The average molecular weight is 579 g/mol. The number of H-pyrrole nitrogens is 2. The first kappa shape index (κ1) is 30.3. The third-order valence-electron chi connectivity index (χ3n) is 8.60. The fourth-order valence-electron chi connectivity index (χ4n) is 5.91. The minimum atomic E-state index is 0.681. The number of piperazine rings is 1. The number of rotatable bonds is 10. The van der Waals surface area contributed by atoms with Crippen LogP contribution in [0.25, 0.3) is 34.9 Å². The van der Waals surface area contributed by atoms with Gasteiger partial charge in [-0.2, -0.15) is 5.10 Å². The van der Waals surface area contributed by atoms with Crippen LogP contribution in [0.4, 0.5) is 5.82 Å². The Hall–Kier alpha value is -4.14. The van der Waals surface area contributed by atoms with Crippen LogP contribution in [0.1, 0.15) is 33.1 Å². The summed E-state index contributed by atoms with van der Waals surface area (Å²) in [5.74, 6) is 1.70. The third kappa shape index (κ3) is 7.27. The highest BCUT2D eigenvalue weighted by Crippen LogP contribution is 2.28. The van der Waals surface area contributed by atoms with Crippen LogP contribution in [0, 0.1) is 5.92 Å². The molecule has 43 heavy (non-hydrogen) atoms. The SMILES string of the molecule is C=C\C(=C/C(=C\C)C(/C)=C/C=c1/[nH]nc(-c2cc3c(N4CCN(C)CC4)nccc3[nH]2)c1=C)NC(=C)CC1CCNCC1. The van der Waals surface area contributed by atoms with E-state index in [0.717, 1.165) is 107 Å². The van der Waals surface area contributed by atoms with Gasteiger partial charge in [0.2, 0.25) is 0 Å². The Morgan fingerprint density at radius 3 is 2.67 bits per heavy atom. The van der Waals surface area contributed by atoms with Gasteiger partial charge in [0.1, 0.15) is 11.5 Å². The first-order chi connectivity index (χ1) is 20.9. The zero-order chi connectivity index (χ0) is 30.3. The third-order valence-corrected chi connectivity index (χ3v) is 8.60. The number of pyridine rings is 1. The van der Waals surface area contributed by atoms with Crippen LogP contribution < -0.4 is 26.1 Å². The molecule has 0 atom stereocenters. The molecule has 8 nitrogen and oxygen atoms in total. The molecule has 0 amide bonds. The summed E-state index contributed by atoms with van der Waals surface area (Å²) in [6.07, 6.45) is 15.5. The number of fused-ring (bicyclic) bond motifs is 1. The summed E-state index contributed by atoms with van der Waals surface area (Å²) in [4.78, 5) is 13.0. The number of nitrogens with zero attached hydrogens (tertiary/aromatic N) is 4. The number of hydrogen-bond acceptors (Lipinski definition) is 6. The number of hydrogen-bond donors (Lipinski definition) is 4. The van der Waals surface area contributed by atoms with Gasteiger partial charge in [-0.05, 0) is 101 Å². The van der Waals surface area contributed by atoms with Crippen molar-refractivity contribution >= 4 is 29.4 Å². The Morgan fingerprint density at radius 2 is 1.95 bits per heavy atom. The summed E-state index contributed by atoms with van der Waals surface area (Å²) in [5, 5.41) is 17.6. The molecule has 0 aliphatic carbocycles. The highest BCUT2D eigenvalue weighted by Gasteiger charge is 2.19. The maximum absolute atomic E-state index is 4.73. The number of anilines is 1. The average Bonchev–Trinajstić information content (AvgIpc) is 3.61. The predicted octanol–water partition coefficient (Wildman–Crippen LogP) is 4.35. The lowest BCUT2D eigenvalue weighted by Gasteiger charge is -2.33. The Morgan fingerprint density at radius 1 is 1.19 bits per heavy atom. The fourth-order valence-corrected chi connectivity index (χ4v) is 5.91. The Kier molecular flexibility index (Phi) is 9.79. The maximum atomic E-state index is 4.73. The van der Waals surface area contributed by atoms with E-state index in [-0.39, 0.29) is 0 Å². The first-order valence-electron chi connectivity index (χ1n) is 15.4. The molecule has 5 heterocycles. The van der Waals surface area contributed by atoms with Crippen LogP contribution in [0.2, 0.25) is 0 Å². The van der Waals surface area contributed by atoms with Gasteiger partial charge in [-0.1, -0.05) is 31.9 Å². The minimum absolute atomic E-state index is 0.681. The summed E-state index contributed by atoms with van der Waals surface area (Å²) in [6.45, 7) is 23.0. The molecule has 2 saturated heterocycles. The first-order valence-corrected chi connectivity index (χ1v) is 15.4. The smallest absolute Gasteiger partial charge is 0.138 e. The van der Waals surface area contributed by atoms with Crippen molar-refractivity contribution < 1.29 is 0 Å². The van der Waals surface area contributed by atoms with Gasteiger partial charge >= 0.3 is 0 Å². The molecule has 3 aromatic rings. The van der Waals surface area contributed by atoms with Crippen LogP contribution in [-0.4, -0.2) is 71.4 Å². The lowest BCUT2D eigenvalue weighted by molar-refractivity contribution is 0.312. The zero-order valence-corrected chi connectivity index (χ0v) is 26.0. The molecule has 4 N–H and O–H groups in total. The Balaban J connectivity index is 1.32. The van der Waals surface area contributed by atoms with Crippen LogP contribution >= 0.6 is 0 Å². The fraction of sp³-hybridized carbons (Fsp3) is 0.371. The van der Waals surface area contributed by atoms with Crippen LogP contribution in [-0.2, 0) is 0 Å². The molecule has 2 aliphatic heterocycles. The quantitative estimate of drug-likeness (QED) is 0.268. The van der Waals surface area contributed by atoms with Crippen molar-refractivity contribution in [3.8, 4) is 11.4 Å². The molecular weight excluding hydrogens is 532 g/mol. The van der Waals surface area contributed by atoms with E-state index in [0.29, 0.717) is 5.92 Å². The van der Waals surface area contributed by atoms with Crippen LogP contribution in [0.15, 0.2) is 78.3 Å². The van der Waals surface area contributed by atoms with E-state index >= 15 is 0 Å². The molecule has 0 radical (unpaired) electrons. The molecule has 8 heteroatoms. The number of likely N-dealkylation sites (N-methyl/N-ethyl adjacent to an activating group) is 1. The van der Waals surface area contributed by atoms with E-state index in [1.165, 1.54) is 12.8 Å².